The molecule has 2 amide bonds. The Morgan fingerprint density at radius 3 is 2.33 bits per heavy atom. The molecule has 0 aliphatic carbocycles. The van der Waals surface area contributed by atoms with Gasteiger partial charge in [0.05, 0.1) is 11.6 Å². The minimum atomic E-state index is -0.223. The van der Waals surface area contributed by atoms with Crippen molar-refractivity contribution >= 4 is 23.3 Å². The number of hydrogen-bond acceptors (Lipinski definition) is 3. The number of Topliss-reactive ketones (excluding diaryl/α,β-unsaturated/α-hetero) is 1. The number of amides is 2. The maximum absolute atomic E-state index is 12.3. The molecule has 0 aromatic heterocycles. The van der Waals surface area contributed by atoms with Crippen molar-refractivity contribution in [3.05, 3.63) is 29.8 Å². The van der Waals surface area contributed by atoms with Crippen LogP contribution in [0.2, 0.25) is 0 Å². The van der Waals surface area contributed by atoms with Crippen LogP contribution in [-0.2, 0) is 20.8 Å². The third-order valence-electron chi connectivity index (χ3n) is 3.98. The smallest absolute Gasteiger partial charge is 0.237 e. The van der Waals surface area contributed by atoms with Crippen LogP contribution in [-0.4, -0.2) is 17.6 Å². The molecule has 1 atom stereocenters. The standard InChI is InChI=1S/C17H21NO3/c1-4-14(19)9-12-5-7-13(8-6-12)18-16(20)10-15(11(2)3)17(18)21/h5-8,11,15H,4,9-10H2,1-3H3. The fourth-order valence-electron chi connectivity index (χ4n) is 2.56. The van der Waals surface area contributed by atoms with Crippen LogP contribution in [0.15, 0.2) is 24.3 Å². The third kappa shape index (κ3) is 3.20. The van der Waals surface area contributed by atoms with Crippen LogP contribution >= 0.6 is 0 Å². The SMILES string of the molecule is CCC(=O)Cc1ccc(N2C(=O)CC(C(C)C)C2=O)cc1. The first-order valence-corrected chi connectivity index (χ1v) is 7.41. The van der Waals surface area contributed by atoms with E-state index in [-0.39, 0.29) is 35.9 Å². The number of ketones is 1. The number of rotatable bonds is 5. The van der Waals surface area contributed by atoms with E-state index in [1.54, 1.807) is 12.1 Å². The zero-order chi connectivity index (χ0) is 15.6. The summed E-state index contributed by atoms with van der Waals surface area (Å²) in [6.45, 7) is 5.75. The molecule has 21 heavy (non-hydrogen) atoms. The van der Waals surface area contributed by atoms with E-state index in [1.165, 1.54) is 4.90 Å². The highest BCUT2D eigenvalue weighted by molar-refractivity contribution is 6.21. The number of benzene rings is 1. The Labute approximate surface area is 125 Å². The minimum absolute atomic E-state index is 0.118. The van der Waals surface area contributed by atoms with Crippen molar-refractivity contribution in [3.8, 4) is 0 Å². The van der Waals surface area contributed by atoms with Crippen molar-refractivity contribution in [2.75, 3.05) is 4.90 Å². The fraction of sp³-hybridized carbons (Fsp3) is 0.471. The third-order valence-corrected chi connectivity index (χ3v) is 3.98. The second-order valence-corrected chi connectivity index (χ2v) is 5.86. The quantitative estimate of drug-likeness (QED) is 0.782. The average molecular weight is 287 g/mol. The first kappa shape index (κ1) is 15.4. The molecule has 4 heteroatoms. The molecule has 1 aromatic carbocycles. The lowest BCUT2D eigenvalue weighted by molar-refractivity contribution is -0.123. The Hall–Kier alpha value is -1.97. The van der Waals surface area contributed by atoms with Crippen molar-refractivity contribution in [1.29, 1.82) is 0 Å². The number of anilines is 1. The van der Waals surface area contributed by atoms with Crippen LogP contribution < -0.4 is 4.90 Å². The first-order chi connectivity index (χ1) is 9.93. The topological polar surface area (TPSA) is 54.5 Å². The Morgan fingerprint density at radius 1 is 1.24 bits per heavy atom. The van der Waals surface area contributed by atoms with Crippen molar-refractivity contribution in [2.24, 2.45) is 11.8 Å². The molecule has 2 rings (SSSR count). The van der Waals surface area contributed by atoms with Crippen LogP contribution in [0.1, 0.15) is 39.2 Å². The molecule has 0 bridgehead atoms. The molecule has 1 heterocycles. The van der Waals surface area contributed by atoms with Gasteiger partial charge in [0.2, 0.25) is 11.8 Å². The van der Waals surface area contributed by atoms with Gasteiger partial charge in [0.15, 0.2) is 0 Å². The van der Waals surface area contributed by atoms with Crippen molar-refractivity contribution in [3.63, 3.8) is 0 Å². The number of nitrogens with zero attached hydrogens (tertiary/aromatic N) is 1. The highest BCUT2D eigenvalue weighted by atomic mass is 16.2. The van der Waals surface area contributed by atoms with Crippen LogP contribution in [0.4, 0.5) is 5.69 Å². The molecule has 112 valence electrons. The van der Waals surface area contributed by atoms with Gasteiger partial charge >= 0.3 is 0 Å². The molecular weight excluding hydrogens is 266 g/mol. The lowest BCUT2D eigenvalue weighted by atomic mass is 9.94. The second-order valence-electron chi connectivity index (χ2n) is 5.86. The van der Waals surface area contributed by atoms with Crippen LogP contribution in [0.5, 0.6) is 0 Å². The lowest BCUT2D eigenvalue weighted by Crippen LogP contribution is -2.31. The summed E-state index contributed by atoms with van der Waals surface area (Å²) >= 11 is 0. The normalized spacial score (nSPS) is 18.7. The molecule has 1 unspecified atom stereocenters. The summed E-state index contributed by atoms with van der Waals surface area (Å²) in [5.74, 6) is -0.147. The van der Waals surface area contributed by atoms with E-state index in [2.05, 4.69) is 0 Å². The number of hydrogen-bond donors (Lipinski definition) is 0. The van der Waals surface area contributed by atoms with Crippen molar-refractivity contribution in [1.82, 2.24) is 0 Å². The van der Waals surface area contributed by atoms with E-state index >= 15 is 0 Å². The van der Waals surface area contributed by atoms with Gasteiger partial charge in [0, 0.05) is 19.3 Å². The predicted octanol–water partition coefficient (Wildman–Crippen LogP) is 2.74. The second kappa shape index (κ2) is 6.20. The van der Waals surface area contributed by atoms with Gasteiger partial charge in [-0.05, 0) is 23.6 Å². The fourth-order valence-corrected chi connectivity index (χ4v) is 2.56. The molecule has 0 spiro atoms. The molecular formula is C17H21NO3. The van der Waals surface area contributed by atoms with E-state index in [4.69, 9.17) is 0 Å². The van der Waals surface area contributed by atoms with E-state index in [0.717, 1.165) is 5.56 Å². The molecule has 0 radical (unpaired) electrons. The Bertz CT molecular complexity index is 560. The molecule has 0 saturated carbocycles. The Balaban J connectivity index is 2.17. The van der Waals surface area contributed by atoms with Gasteiger partial charge in [-0.15, -0.1) is 0 Å². The van der Waals surface area contributed by atoms with Gasteiger partial charge in [-0.25, -0.2) is 0 Å². The summed E-state index contributed by atoms with van der Waals surface area (Å²) < 4.78 is 0. The van der Waals surface area contributed by atoms with Gasteiger partial charge in [-0.2, -0.15) is 0 Å². The van der Waals surface area contributed by atoms with Gasteiger partial charge < -0.3 is 0 Å². The summed E-state index contributed by atoms with van der Waals surface area (Å²) in [5, 5.41) is 0. The molecule has 1 fully saturated rings. The minimum Gasteiger partial charge on any atom is -0.299 e. The maximum Gasteiger partial charge on any atom is 0.237 e. The van der Waals surface area contributed by atoms with Gasteiger partial charge in [-0.3, -0.25) is 19.3 Å². The summed E-state index contributed by atoms with van der Waals surface area (Å²) in [4.78, 5) is 37.1. The molecule has 0 N–H and O–H groups in total. The molecule has 1 aliphatic rings. The van der Waals surface area contributed by atoms with Crippen LogP contribution in [0, 0.1) is 11.8 Å². The van der Waals surface area contributed by atoms with Crippen LogP contribution in [0.25, 0.3) is 0 Å². The monoisotopic (exact) mass is 287 g/mol. The largest absolute Gasteiger partial charge is 0.299 e. The van der Waals surface area contributed by atoms with E-state index < -0.39 is 0 Å². The van der Waals surface area contributed by atoms with Crippen LogP contribution in [0.3, 0.4) is 0 Å². The summed E-state index contributed by atoms with van der Waals surface area (Å²) in [6, 6.07) is 7.12. The highest BCUT2D eigenvalue weighted by Crippen LogP contribution is 2.30. The molecule has 4 nitrogen and oxygen atoms in total. The molecule has 1 aliphatic heterocycles. The Kier molecular flexibility index (Phi) is 4.56. The highest BCUT2D eigenvalue weighted by Gasteiger charge is 2.40. The molecule has 1 aromatic rings. The summed E-state index contributed by atoms with van der Waals surface area (Å²) in [6.07, 6.45) is 1.20. The van der Waals surface area contributed by atoms with E-state index in [9.17, 15) is 14.4 Å². The van der Waals surface area contributed by atoms with Gasteiger partial charge in [-0.1, -0.05) is 32.9 Å². The summed E-state index contributed by atoms with van der Waals surface area (Å²) in [7, 11) is 0. The van der Waals surface area contributed by atoms with Gasteiger partial charge in [0.1, 0.15) is 5.78 Å². The average Bonchev–Trinajstić information content (AvgIpc) is 2.75. The lowest BCUT2D eigenvalue weighted by Gasteiger charge is -2.16. The van der Waals surface area contributed by atoms with E-state index in [1.807, 2.05) is 32.9 Å². The van der Waals surface area contributed by atoms with Crippen molar-refractivity contribution in [2.45, 2.75) is 40.0 Å². The van der Waals surface area contributed by atoms with Crippen molar-refractivity contribution < 1.29 is 14.4 Å². The Morgan fingerprint density at radius 2 is 1.86 bits per heavy atom. The van der Waals surface area contributed by atoms with E-state index in [0.29, 0.717) is 18.5 Å². The maximum atomic E-state index is 12.3. The number of carbonyl (C=O) groups excluding carboxylic acids is 3. The number of carbonyl (C=O) groups is 3. The predicted molar refractivity (Wildman–Crippen MR) is 80.9 cm³/mol. The summed E-state index contributed by atoms with van der Waals surface area (Å²) in [5.41, 5.74) is 1.51. The zero-order valence-corrected chi connectivity index (χ0v) is 12.8. The number of imide groups is 1. The van der Waals surface area contributed by atoms with Gasteiger partial charge in [0.25, 0.3) is 0 Å². The zero-order valence-electron chi connectivity index (χ0n) is 12.8. The first-order valence-electron chi connectivity index (χ1n) is 7.41. The molecule has 1 saturated heterocycles.